The van der Waals surface area contributed by atoms with Gasteiger partial charge in [-0.25, -0.2) is 0 Å². The lowest BCUT2D eigenvalue weighted by molar-refractivity contribution is 0.0922. The first-order valence-corrected chi connectivity index (χ1v) is 6.32. The van der Waals surface area contributed by atoms with Gasteiger partial charge in [0.1, 0.15) is 5.75 Å². The minimum atomic E-state index is -1.71. The van der Waals surface area contributed by atoms with Gasteiger partial charge in [-0.1, -0.05) is 41.9 Å². The maximum absolute atomic E-state index is 11.9. The molecule has 0 unspecified atom stereocenters. The van der Waals surface area contributed by atoms with Crippen molar-refractivity contribution < 1.29 is 19.6 Å². The third-order valence-electron chi connectivity index (χ3n) is 2.70. The second kappa shape index (κ2) is 6.57. The van der Waals surface area contributed by atoms with E-state index in [1.165, 1.54) is 12.1 Å². The van der Waals surface area contributed by atoms with Gasteiger partial charge in [-0.05, 0) is 18.2 Å². The molecular formula is C14H12BClO4. The Labute approximate surface area is 121 Å². The Balaban J connectivity index is 2.10. The van der Waals surface area contributed by atoms with E-state index in [9.17, 15) is 14.8 Å². The number of carbonyl (C=O) groups is 1. The molecule has 2 N–H and O–H groups in total. The van der Waals surface area contributed by atoms with Crippen molar-refractivity contribution in [2.45, 2.75) is 0 Å². The van der Waals surface area contributed by atoms with Gasteiger partial charge in [0.05, 0.1) is 0 Å². The van der Waals surface area contributed by atoms with Crippen molar-refractivity contribution in [3.8, 4) is 5.75 Å². The van der Waals surface area contributed by atoms with Gasteiger partial charge in [-0.2, -0.15) is 0 Å². The molecule has 0 aliphatic heterocycles. The van der Waals surface area contributed by atoms with Gasteiger partial charge >= 0.3 is 7.12 Å². The maximum Gasteiger partial charge on any atom is 0.492 e. The highest BCUT2D eigenvalue weighted by Gasteiger charge is 2.18. The van der Waals surface area contributed by atoms with Crippen LogP contribution in [0.4, 0.5) is 0 Å². The van der Waals surface area contributed by atoms with Gasteiger partial charge in [0.25, 0.3) is 0 Å². The first-order valence-electron chi connectivity index (χ1n) is 5.94. The van der Waals surface area contributed by atoms with Gasteiger partial charge < -0.3 is 14.8 Å². The lowest BCUT2D eigenvalue weighted by Crippen LogP contribution is -2.32. The molecular weight excluding hydrogens is 278 g/mol. The lowest BCUT2D eigenvalue weighted by atomic mass is 9.79. The lowest BCUT2D eigenvalue weighted by Gasteiger charge is -2.11. The van der Waals surface area contributed by atoms with E-state index < -0.39 is 7.12 Å². The fraction of sp³-hybridized carbons (Fsp3) is 0.0714. The second-order valence-corrected chi connectivity index (χ2v) is 4.57. The van der Waals surface area contributed by atoms with Gasteiger partial charge in [0.15, 0.2) is 12.4 Å². The molecule has 6 heteroatoms. The zero-order chi connectivity index (χ0) is 14.5. The number of carbonyl (C=O) groups excluding carboxylic acids is 1. The summed E-state index contributed by atoms with van der Waals surface area (Å²) < 4.78 is 5.34. The van der Waals surface area contributed by atoms with Crippen LogP contribution in [0.3, 0.4) is 0 Å². The summed E-state index contributed by atoms with van der Waals surface area (Å²) in [6.07, 6.45) is 0. The number of rotatable bonds is 5. The summed E-state index contributed by atoms with van der Waals surface area (Å²) in [6.45, 7) is -0.189. The first-order chi connectivity index (χ1) is 9.58. The van der Waals surface area contributed by atoms with E-state index in [1.807, 2.05) is 6.07 Å². The Morgan fingerprint density at radius 3 is 2.50 bits per heavy atom. The second-order valence-electron chi connectivity index (χ2n) is 4.13. The molecule has 2 aromatic rings. The average Bonchev–Trinajstić information content (AvgIpc) is 2.46. The van der Waals surface area contributed by atoms with Crippen LogP contribution in [0.15, 0.2) is 48.5 Å². The van der Waals surface area contributed by atoms with Crippen LogP contribution in [0.2, 0.25) is 5.02 Å². The van der Waals surface area contributed by atoms with Crippen molar-refractivity contribution in [3.05, 3.63) is 59.1 Å². The predicted octanol–water partition coefficient (Wildman–Crippen LogP) is 1.28. The summed E-state index contributed by atoms with van der Waals surface area (Å²) in [7, 11) is -1.71. The van der Waals surface area contributed by atoms with E-state index in [-0.39, 0.29) is 23.6 Å². The molecule has 0 aliphatic carbocycles. The molecule has 102 valence electrons. The Morgan fingerprint density at radius 1 is 1.15 bits per heavy atom. The fourth-order valence-electron chi connectivity index (χ4n) is 1.70. The van der Waals surface area contributed by atoms with E-state index in [1.54, 1.807) is 30.3 Å². The van der Waals surface area contributed by atoms with E-state index in [0.29, 0.717) is 10.6 Å². The van der Waals surface area contributed by atoms with Crippen molar-refractivity contribution >= 4 is 30.0 Å². The molecule has 0 heterocycles. The number of benzene rings is 2. The van der Waals surface area contributed by atoms with Crippen LogP contribution in [0.1, 0.15) is 10.4 Å². The minimum Gasteiger partial charge on any atom is -0.486 e. The maximum atomic E-state index is 11.9. The smallest absolute Gasteiger partial charge is 0.486 e. The van der Waals surface area contributed by atoms with Crippen LogP contribution >= 0.6 is 11.6 Å². The van der Waals surface area contributed by atoms with E-state index in [4.69, 9.17) is 16.3 Å². The molecule has 0 radical (unpaired) electrons. The molecule has 2 aromatic carbocycles. The molecule has 0 spiro atoms. The highest BCUT2D eigenvalue weighted by Crippen LogP contribution is 2.14. The van der Waals surface area contributed by atoms with Gasteiger partial charge in [0, 0.05) is 16.0 Å². The summed E-state index contributed by atoms with van der Waals surface area (Å²) in [6, 6.07) is 13.2. The van der Waals surface area contributed by atoms with Gasteiger partial charge in [0.2, 0.25) is 0 Å². The van der Waals surface area contributed by atoms with Gasteiger partial charge in [-0.3, -0.25) is 4.79 Å². The number of Topliss-reactive ketones (excluding diaryl/α,β-unsaturated/α-hetero) is 1. The standard InChI is InChI=1S/C14H12BClO4/c16-11-6-7-14(12(8-11)15(18)19)20-9-13(17)10-4-2-1-3-5-10/h1-8,18-19H,9H2. The monoisotopic (exact) mass is 290 g/mol. The van der Waals surface area contributed by atoms with Crippen molar-refractivity contribution in [1.82, 2.24) is 0 Å². The first kappa shape index (κ1) is 14.6. The number of hydrogen-bond acceptors (Lipinski definition) is 4. The van der Waals surface area contributed by atoms with Crippen LogP contribution in [-0.2, 0) is 0 Å². The average molecular weight is 291 g/mol. The van der Waals surface area contributed by atoms with Crippen molar-refractivity contribution in [2.24, 2.45) is 0 Å². The largest absolute Gasteiger partial charge is 0.492 e. The Kier molecular flexibility index (Phi) is 4.79. The summed E-state index contributed by atoms with van der Waals surface area (Å²) in [5.41, 5.74) is 0.658. The number of ketones is 1. The Bertz CT molecular complexity index is 601. The van der Waals surface area contributed by atoms with E-state index in [2.05, 4.69) is 0 Å². The zero-order valence-corrected chi connectivity index (χ0v) is 11.2. The molecule has 4 nitrogen and oxygen atoms in total. The van der Waals surface area contributed by atoms with Crippen LogP contribution < -0.4 is 10.2 Å². The van der Waals surface area contributed by atoms with Crippen LogP contribution in [0, 0.1) is 0 Å². The molecule has 0 bridgehead atoms. The highest BCUT2D eigenvalue weighted by molar-refractivity contribution is 6.60. The van der Waals surface area contributed by atoms with Crippen LogP contribution in [0.5, 0.6) is 5.75 Å². The Morgan fingerprint density at radius 2 is 1.85 bits per heavy atom. The highest BCUT2D eigenvalue weighted by atomic mass is 35.5. The molecule has 0 atom stereocenters. The Hall–Kier alpha value is -1.82. The molecule has 0 fully saturated rings. The fourth-order valence-corrected chi connectivity index (χ4v) is 1.88. The quantitative estimate of drug-likeness (QED) is 0.643. The molecule has 20 heavy (non-hydrogen) atoms. The predicted molar refractivity (Wildman–Crippen MR) is 77.5 cm³/mol. The van der Waals surface area contributed by atoms with Crippen LogP contribution in [0.25, 0.3) is 0 Å². The van der Waals surface area contributed by atoms with Crippen LogP contribution in [-0.4, -0.2) is 29.6 Å². The summed E-state index contributed by atoms with van der Waals surface area (Å²) >= 11 is 5.77. The molecule has 0 aromatic heterocycles. The van der Waals surface area contributed by atoms with Crippen molar-refractivity contribution in [2.75, 3.05) is 6.61 Å². The van der Waals surface area contributed by atoms with Crippen molar-refractivity contribution in [3.63, 3.8) is 0 Å². The SMILES string of the molecule is O=C(COc1ccc(Cl)cc1B(O)O)c1ccccc1. The third kappa shape index (κ3) is 3.60. The summed E-state index contributed by atoms with van der Waals surface area (Å²) in [5, 5.41) is 18.8. The molecule has 0 aliphatic rings. The summed E-state index contributed by atoms with van der Waals surface area (Å²) in [4.78, 5) is 11.9. The molecule has 0 saturated heterocycles. The van der Waals surface area contributed by atoms with Crippen molar-refractivity contribution in [1.29, 1.82) is 0 Å². The topological polar surface area (TPSA) is 66.8 Å². The van der Waals surface area contributed by atoms with E-state index >= 15 is 0 Å². The number of ether oxygens (including phenoxy) is 1. The van der Waals surface area contributed by atoms with Gasteiger partial charge in [-0.15, -0.1) is 0 Å². The molecule has 0 amide bonds. The molecule has 0 saturated carbocycles. The minimum absolute atomic E-state index is 0.123. The van der Waals surface area contributed by atoms with E-state index in [0.717, 1.165) is 0 Å². The molecule has 2 rings (SSSR count). The summed E-state index contributed by atoms with van der Waals surface area (Å²) in [5.74, 6) is 0.0209. The number of halogens is 1. The normalized spacial score (nSPS) is 10.2. The number of hydrogen-bond donors (Lipinski definition) is 2. The zero-order valence-electron chi connectivity index (χ0n) is 10.5. The third-order valence-corrected chi connectivity index (χ3v) is 2.94.